The van der Waals surface area contributed by atoms with Crippen molar-refractivity contribution in [1.82, 2.24) is 9.80 Å². The highest BCUT2D eigenvalue weighted by molar-refractivity contribution is 6.30. The second kappa shape index (κ2) is 7.58. The zero-order chi connectivity index (χ0) is 16.1. The third kappa shape index (κ3) is 4.69. The van der Waals surface area contributed by atoms with Crippen molar-refractivity contribution in [1.29, 1.82) is 0 Å². The number of likely N-dealkylation sites (N-methyl/N-ethyl adjacent to an activating group) is 1. The number of hydrogen-bond donors (Lipinski definition) is 1. The SMILES string of the molecule is CN1CCO[C@@H](CN(CC(N)=O)C(=O)c2cccc(Cl)c2)C1. The van der Waals surface area contributed by atoms with Crippen LogP contribution < -0.4 is 5.73 Å². The third-order valence-corrected chi connectivity index (χ3v) is 3.71. The first-order valence-corrected chi connectivity index (χ1v) is 7.47. The number of ether oxygens (including phenoxy) is 1. The average molecular weight is 326 g/mol. The fraction of sp³-hybridized carbons (Fsp3) is 0.467. The fourth-order valence-electron chi connectivity index (χ4n) is 2.43. The lowest BCUT2D eigenvalue weighted by Crippen LogP contribution is -2.49. The van der Waals surface area contributed by atoms with Crippen LogP contribution in [0.3, 0.4) is 0 Å². The molecule has 0 radical (unpaired) electrons. The summed E-state index contributed by atoms with van der Waals surface area (Å²) in [5.41, 5.74) is 5.69. The first-order chi connectivity index (χ1) is 10.5. The number of nitrogens with zero attached hydrogens (tertiary/aromatic N) is 2. The molecule has 7 heteroatoms. The Morgan fingerprint density at radius 1 is 1.50 bits per heavy atom. The minimum absolute atomic E-state index is 0.138. The molecule has 0 aliphatic carbocycles. The number of amides is 2. The van der Waals surface area contributed by atoms with Crippen molar-refractivity contribution < 1.29 is 14.3 Å². The number of benzene rings is 1. The summed E-state index contributed by atoms with van der Waals surface area (Å²) in [7, 11) is 1.99. The smallest absolute Gasteiger partial charge is 0.254 e. The molecule has 1 aromatic rings. The van der Waals surface area contributed by atoms with Crippen LogP contribution in [0.2, 0.25) is 5.02 Å². The van der Waals surface area contributed by atoms with Gasteiger partial charge in [0.25, 0.3) is 5.91 Å². The molecule has 1 aliphatic heterocycles. The average Bonchev–Trinajstić information content (AvgIpc) is 2.45. The monoisotopic (exact) mass is 325 g/mol. The molecular formula is C15H20ClN3O3. The van der Waals surface area contributed by atoms with Gasteiger partial charge in [0, 0.05) is 30.2 Å². The molecule has 0 aromatic heterocycles. The van der Waals surface area contributed by atoms with Gasteiger partial charge in [-0.1, -0.05) is 17.7 Å². The zero-order valence-electron chi connectivity index (χ0n) is 12.5. The van der Waals surface area contributed by atoms with Gasteiger partial charge in [0.1, 0.15) is 0 Å². The van der Waals surface area contributed by atoms with Crippen LogP contribution >= 0.6 is 11.6 Å². The van der Waals surface area contributed by atoms with Crippen LogP contribution in [-0.4, -0.2) is 67.6 Å². The van der Waals surface area contributed by atoms with E-state index in [2.05, 4.69) is 4.90 Å². The molecule has 0 unspecified atom stereocenters. The molecule has 1 fully saturated rings. The van der Waals surface area contributed by atoms with Crippen molar-refractivity contribution in [3.05, 3.63) is 34.9 Å². The highest BCUT2D eigenvalue weighted by atomic mass is 35.5. The van der Waals surface area contributed by atoms with Crippen molar-refractivity contribution >= 4 is 23.4 Å². The highest BCUT2D eigenvalue weighted by Crippen LogP contribution is 2.14. The Bertz CT molecular complexity index is 553. The summed E-state index contributed by atoms with van der Waals surface area (Å²) in [4.78, 5) is 27.4. The Balaban J connectivity index is 2.11. The van der Waals surface area contributed by atoms with Gasteiger partial charge < -0.3 is 20.3 Å². The summed E-state index contributed by atoms with van der Waals surface area (Å²) in [5, 5.41) is 0.471. The van der Waals surface area contributed by atoms with Gasteiger partial charge in [0.05, 0.1) is 19.3 Å². The molecule has 1 aromatic carbocycles. The molecule has 1 saturated heterocycles. The maximum atomic E-state index is 12.6. The molecule has 1 aliphatic rings. The summed E-state index contributed by atoms with van der Waals surface area (Å²) < 4.78 is 5.66. The van der Waals surface area contributed by atoms with E-state index in [4.69, 9.17) is 22.1 Å². The summed E-state index contributed by atoms with van der Waals surface area (Å²) in [6, 6.07) is 6.63. The fourth-order valence-corrected chi connectivity index (χ4v) is 2.62. The van der Waals surface area contributed by atoms with E-state index in [1.165, 1.54) is 4.90 Å². The molecule has 2 rings (SSSR count). The number of hydrogen-bond acceptors (Lipinski definition) is 4. The van der Waals surface area contributed by atoms with Crippen molar-refractivity contribution in [2.45, 2.75) is 6.10 Å². The van der Waals surface area contributed by atoms with Gasteiger partial charge in [-0.05, 0) is 25.2 Å². The topological polar surface area (TPSA) is 75.9 Å². The zero-order valence-corrected chi connectivity index (χ0v) is 13.3. The van der Waals surface area contributed by atoms with Crippen molar-refractivity contribution in [3.63, 3.8) is 0 Å². The molecule has 1 heterocycles. The maximum Gasteiger partial charge on any atom is 0.254 e. The van der Waals surface area contributed by atoms with E-state index < -0.39 is 5.91 Å². The minimum Gasteiger partial charge on any atom is -0.374 e. The van der Waals surface area contributed by atoms with E-state index in [1.54, 1.807) is 24.3 Å². The Hall–Kier alpha value is -1.63. The van der Waals surface area contributed by atoms with Gasteiger partial charge >= 0.3 is 0 Å². The van der Waals surface area contributed by atoms with Crippen LogP contribution in [0, 0.1) is 0 Å². The first kappa shape index (κ1) is 16.7. The van der Waals surface area contributed by atoms with E-state index in [-0.39, 0.29) is 18.6 Å². The van der Waals surface area contributed by atoms with Crippen molar-refractivity contribution in [2.24, 2.45) is 5.73 Å². The number of rotatable bonds is 5. The molecule has 120 valence electrons. The lowest BCUT2D eigenvalue weighted by Gasteiger charge is -2.33. The number of halogens is 1. The van der Waals surface area contributed by atoms with E-state index in [9.17, 15) is 9.59 Å². The van der Waals surface area contributed by atoms with Gasteiger partial charge in [-0.15, -0.1) is 0 Å². The van der Waals surface area contributed by atoms with Crippen LogP contribution in [0.5, 0.6) is 0 Å². The van der Waals surface area contributed by atoms with Gasteiger partial charge in [0.2, 0.25) is 5.91 Å². The van der Waals surface area contributed by atoms with Gasteiger partial charge in [-0.2, -0.15) is 0 Å². The molecule has 1 atom stereocenters. The highest BCUT2D eigenvalue weighted by Gasteiger charge is 2.25. The summed E-state index contributed by atoms with van der Waals surface area (Å²) in [5.74, 6) is -0.835. The summed E-state index contributed by atoms with van der Waals surface area (Å²) in [6.07, 6.45) is -0.138. The van der Waals surface area contributed by atoms with Gasteiger partial charge in [-0.25, -0.2) is 0 Å². The normalized spacial score (nSPS) is 18.9. The van der Waals surface area contributed by atoms with Crippen LogP contribution in [-0.2, 0) is 9.53 Å². The Kier molecular flexibility index (Phi) is 5.76. The van der Waals surface area contributed by atoms with E-state index in [0.717, 1.165) is 6.54 Å². The first-order valence-electron chi connectivity index (χ1n) is 7.09. The molecule has 0 saturated carbocycles. The number of carbonyl (C=O) groups is 2. The quantitative estimate of drug-likeness (QED) is 0.860. The predicted octanol–water partition coefficient (Wildman–Crippen LogP) is 0.598. The van der Waals surface area contributed by atoms with E-state index in [0.29, 0.717) is 30.3 Å². The van der Waals surface area contributed by atoms with Crippen LogP contribution in [0.1, 0.15) is 10.4 Å². The molecule has 0 bridgehead atoms. The molecule has 6 nitrogen and oxygen atoms in total. The molecule has 2 N–H and O–H groups in total. The maximum absolute atomic E-state index is 12.6. The van der Waals surface area contributed by atoms with Crippen LogP contribution in [0.4, 0.5) is 0 Å². The summed E-state index contributed by atoms with van der Waals surface area (Å²) >= 11 is 5.92. The Morgan fingerprint density at radius 2 is 2.27 bits per heavy atom. The van der Waals surface area contributed by atoms with E-state index >= 15 is 0 Å². The number of nitrogens with two attached hydrogens (primary N) is 1. The second-order valence-corrected chi connectivity index (χ2v) is 5.85. The van der Waals surface area contributed by atoms with Crippen LogP contribution in [0.25, 0.3) is 0 Å². The van der Waals surface area contributed by atoms with Gasteiger partial charge in [-0.3, -0.25) is 9.59 Å². The number of primary amides is 1. The third-order valence-electron chi connectivity index (χ3n) is 3.47. The van der Waals surface area contributed by atoms with Gasteiger partial charge in [0.15, 0.2) is 0 Å². The standard InChI is InChI=1S/C15H20ClN3O3/c1-18-5-6-22-13(8-18)9-19(10-14(17)20)15(21)11-3-2-4-12(16)7-11/h2-4,7,13H,5-6,8-10H2,1H3,(H2,17,20)/t13-/m1/s1. The number of carbonyl (C=O) groups excluding carboxylic acids is 2. The lowest BCUT2D eigenvalue weighted by molar-refractivity contribution is -0.119. The predicted molar refractivity (Wildman–Crippen MR) is 83.8 cm³/mol. The Morgan fingerprint density at radius 3 is 2.91 bits per heavy atom. The summed E-state index contributed by atoms with van der Waals surface area (Å²) in [6.45, 7) is 2.34. The molecule has 0 spiro atoms. The molecular weight excluding hydrogens is 306 g/mol. The lowest BCUT2D eigenvalue weighted by atomic mass is 10.1. The largest absolute Gasteiger partial charge is 0.374 e. The molecule has 22 heavy (non-hydrogen) atoms. The van der Waals surface area contributed by atoms with Crippen LogP contribution in [0.15, 0.2) is 24.3 Å². The second-order valence-electron chi connectivity index (χ2n) is 5.42. The Labute approximate surface area is 134 Å². The van der Waals surface area contributed by atoms with E-state index in [1.807, 2.05) is 7.05 Å². The van der Waals surface area contributed by atoms with Crippen molar-refractivity contribution in [2.75, 3.05) is 39.8 Å². The molecule has 2 amide bonds. The minimum atomic E-state index is -0.556. The number of morpholine rings is 1. The van der Waals surface area contributed by atoms with Crippen molar-refractivity contribution in [3.8, 4) is 0 Å².